The lowest BCUT2D eigenvalue weighted by molar-refractivity contribution is 0.0749. The summed E-state index contributed by atoms with van der Waals surface area (Å²) in [5.41, 5.74) is 2.97. The van der Waals surface area contributed by atoms with E-state index in [4.69, 9.17) is 4.42 Å². The lowest BCUT2D eigenvalue weighted by atomic mass is 10.0. The highest BCUT2D eigenvalue weighted by Crippen LogP contribution is 2.27. The van der Waals surface area contributed by atoms with Gasteiger partial charge in [0.15, 0.2) is 5.76 Å². The molecule has 1 amide bonds. The fourth-order valence-corrected chi connectivity index (χ4v) is 4.52. The minimum Gasteiger partial charge on any atom is -0.461 e. The van der Waals surface area contributed by atoms with Crippen LogP contribution in [0.2, 0.25) is 0 Å². The molecule has 6 nitrogen and oxygen atoms in total. The van der Waals surface area contributed by atoms with Crippen molar-refractivity contribution in [2.45, 2.75) is 0 Å². The van der Waals surface area contributed by atoms with E-state index in [9.17, 15) is 9.59 Å². The topological polar surface area (TPSA) is 69.5 Å². The SMILES string of the molecule is O=C(c1ccco1)c1c[nH]c2cccc(C(=O)N3CCN(c4ccsc4)CC3)c12. The number of H-pyrrole nitrogens is 1. The van der Waals surface area contributed by atoms with Gasteiger partial charge in [0.1, 0.15) is 0 Å². The van der Waals surface area contributed by atoms with E-state index < -0.39 is 0 Å². The molecule has 1 fully saturated rings. The second-order valence-corrected chi connectivity index (χ2v) is 7.78. The molecule has 7 heteroatoms. The zero-order chi connectivity index (χ0) is 19.8. The first-order valence-corrected chi connectivity index (χ1v) is 10.4. The molecule has 1 aliphatic rings. The molecule has 3 aromatic heterocycles. The van der Waals surface area contributed by atoms with Crippen molar-refractivity contribution in [2.24, 2.45) is 0 Å². The number of furan rings is 1. The number of anilines is 1. The van der Waals surface area contributed by atoms with Gasteiger partial charge in [-0.15, -0.1) is 0 Å². The number of carbonyl (C=O) groups is 2. The van der Waals surface area contributed by atoms with Crippen LogP contribution in [0.3, 0.4) is 0 Å². The second-order valence-electron chi connectivity index (χ2n) is 7.00. The van der Waals surface area contributed by atoms with Gasteiger partial charge in [0, 0.05) is 59.9 Å². The average molecular weight is 405 g/mol. The molecular weight excluding hydrogens is 386 g/mol. The summed E-state index contributed by atoms with van der Waals surface area (Å²) in [5, 5.41) is 4.85. The van der Waals surface area contributed by atoms with Crippen molar-refractivity contribution in [3.8, 4) is 0 Å². The molecule has 0 saturated carbocycles. The Morgan fingerprint density at radius 1 is 1.00 bits per heavy atom. The predicted octanol–water partition coefficient (Wildman–Crippen LogP) is 4.02. The number of fused-ring (bicyclic) bond motifs is 1. The summed E-state index contributed by atoms with van der Waals surface area (Å²) in [5.74, 6) is -0.0185. The number of rotatable bonds is 4. The zero-order valence-corrected chi connectivity index (χ0v) is 16.4. The van der Waals surface area contributed by atoms with E-state index >= 15 is 0 Å². The first-order valence-electron chi connectivity index (χ1n) is 9.47. The van der Waals surface area contributed by atoms with Gasteiger partial charge in [-0.2, -0.15) is 11.3 Å². The first-order chi connectivity index (χ1) is 14.2. The van der Waals surface area contributed by atoms with E-state index in [0.29, 0.717) is 29.6 Å². The minimum absolute atomic E-state index is 0.0475. The summed E-state index contributed by atoms with van der Waals surface area (Å²) < 4.78 is 5.27. The third-order valence-corrected chi connectivity index (χ3v) is 6.03. The maximum Gasteiger partial charge on any atom is 0.254 e. The van der Waals surface area contributed by atoms with Crippen LogP contribution in [0.25, 0.3) is 10.9 Å². The quantitative estimate of drug-likeness (QED) is 0.521. The van der Waals surface area contributed by atoms with Gasteiger partial charge in [-0.3, -0.25) is 9.59 Å². The zero-order valence-electron chi connectivity index (χ0n) is 15.6. The fourth-order valence-electron chi connectivity index (χ4n) is 3.86. The largest absolute Gasteiger partial charge is 0.461 e. The van der Waals surface area contributed by atoms with Crippen LogP contribution < -0.4 is 4.90 Å². The van der Waals surface area contributed by atoms with Crippen molar-refractivity contribution < 1.29 is 14.0 Å². The minimum atomic E-state index is -0.233. The lowest BCUT2D eigenvalue weighted by Gasteiger charge is -2.35. The van der Waals surface area contributed by atoms with Crippen LogP contribution >= 0.6 is 11.3 Å². The highest BCUT2D eigenvalue weighted by molar-refractivity contribution is 7.08. The predicted molar refractivity (Wildman–Crippen MR) is 113 cm³/mol. The molecule has 1 saturated heterocycles. The third kappa shape index (κ3) is 3.13. The third-order valence-electron chi connectivity index (χ3n) is 5.36. The number of ketones is 1. The van der Waals surface area contributed by atoms with E-state index in [1.807, 2.05) is 17.0 Å². The second kappa shape index (κ2) is 7.25. The van der Waals surface area contributed by atoms with Crippen molar-refractivity contribution in [3.63, 3.8) is 0 Å². The molecule has 0 radical (unpaired) electrons. The van der Waals surface area contributed by atoms with Gasteiger partial charge in [-0.1, -0.05) is 6.07 Å². The van der Waals surface area contributed by atoms with Crippen LogP contribution in [0.1, 0.15) is 26.5 Å². The molecule has 1 N–H and O–H groups in total. The molecule has 29 heavy (non-hydrogen) atoms. The van der Waals surface area contributed by atoms with Crippen molar-refractivity contribution >= 4 is 39.6 Å². The number of nitrogens with one attached hydrogen (secondary N) is 1. The van der Waals surface area contributed by atoms with Gasteiger partial charge in [0.05, 0.1) is 11.8 Å². The summed E-state index contributed by atoms with van der Waals surface area (Å²) in [6.07, 6.45) is 3.13. The molecule has 4 aromatic rings. The van der Waals surface area contributed by atoms with Crippen LogP contribution in [-0.4, -0.2) is 47.8 Å². The van der Waals surface area contributed by atoms with Gasteiger partial charge < -0.3 is 19.2 Å². The van der Waals surface area contributed by atoms with Crippen LogP contribution in [0.5, 0.6) is 0 Å². The molecule has 0 aliphatic carbocycles. The maximum atomic E-state index is 13.3. The van der Waals surface area contributed by atoms with Crippen molar-refractivity contribution in [1.29, 1.82) is 0 Å². The number of benzene rings is 1. The normalized spacial score (nSPS) is 14.5. The number of piperazine rings is 1. The molecular formula is C22H19N3O3S. The van der Waals surface area contributed by atoms with Gasteiger partial charge in [0.2, 0.25) is 5.78 Å². The summed E-state index contributed by atoms with van der Waals surface area (Å²) in [6.45, 7) is 2.89. The van der Waals surface area contributed by atoms with Gasteiger partial charge in [-0.05, 0) is 35.7 Å². The number of thiophene rings is 1. The molecule has 0 atom stereocenters. The summed E-state index contributed by atoms with van der Waals surface area (Å²) >= 11 is 1.68. The molecule has 5 rings (SSSR count). The van der Waals surface area contributed by atoms with E-state index in [1.165, 1.54) is 12.0 Å². The van der Waals surface area contributed by atoms with E-state index in [1.54, 1.807) is 35.7 Å². The number of hydrogen-bond donors (Lipinski definition) is 1. The Labute approximate surface area is 171 Å². The number of amides is 1. The monoisotopic (exact) mass is 405 g/mol. The average Bonchev–Trinajstić information content (AvgIpc) is 3.54. The van der Waals surface area contributed by atoms with Crippen LogP contribution in [0.15, 0.2) is 64.0 Å². The Balaban J connectivity index is 1.44. The highest BCUT2D eigenvalue weighted by Gasteiger charge is 2.26. The molecule has 0 spiro atoms. The number of hydrogen-bond acceptors (Lipinski definition) is 5. The van der Waals surface area contributed by atoms with Gasteiger partial charge >= 0.3 is 0 Å². The van der Waals surface area contributed by atoms with Crippen LogP contribution in [0.4, 0.5) is 5.69 Å². The molecule has 1 aliphatic heterocycles. The van der Waals surface area contributed by atoms with Crippen molar-refractivity contribution in [3.05, 3.63) is 76.5 Å². The van der Waals surface area contributed by atoms with Crippen LogP contribution in [0, 0.1) is 0 Å². The number of nitrogens with zero attached hydrogens (tertiary/aromatic N) is 2. The van der Waals surface area contributed by atoms with E-state index in [-0.39, 0.29) is 17.5 Å². The summed E-state index contributed by atoms with van der Waals surface area (Å²) in [6, 6.07) is 10.9. The highest BCUT2D eigenvalue weighted by atomic mass is 32.1. The Hall–Kier alpha value is -3.32. The van der Waals surface area contributed by atoms with E-state index in [2.05, 4.69) is 26.7 Å². The Morgan fingerprint density at radius 3 is 2.59 bits per heavy atom. The van der Waals surface area contributed by atoms with E-state index in [0.717, 1.165) is 18.6 Å². The van der Waals surface area contributed by atoms with Crippen molar-refractivity contribution in [1.82, 2.24) is 9.88 Å². The number of aromatic nitrogens is 1. The molecule has 1 aromatic carbocycles. The lowest BCUT2D eigenvalue weighted by Crippen LogP contribution is -2.48. The molecule has 0 unspecified atom stereocenters. The summed E-state index contributed by atoms with van der Waals surface area (Å²) in [4.78, 5) is 33.5. The smallest absolute Gasteiger partial charge is 0.254 e. The fraction of sp³-hybridized carbons (Fsp3) is 0.182. The molecule has 0 bridgehead atoms. The standard InChI is InChI=1S/C22H19N3O3S/c26-21(19-5-2-11-28-19)17-13-23-18-4-1-3-16(20(17)18)22(27)25-9-7-24(8-10-25)15-6-12-29-14-15/h1-6,11-14,23H,7-10H2. The van der Waals surface area contributed by atoms with Crippen LogP contribution in [-0.2, 0) is 0 Å². The van der Waals surface area contributed by atoms with Gasteiger partial charge in [-0.25, -0.2) is 0 Å². The maximum absolute atomic E-state index is 13.3. The first kappa shape index (κ1) is 17.8. The summed E-state index contributed by atoms with van der Waals surface area (Å²) in [7, 11) is 0. The van der Waals surface area contributed by atoms with Crippen molar-refractivity contribution in [2.75, 3.05) is 31.1 Å². The Bertz CT molecular complexity index is 1150. The molecule has 146 valence electrons. The number of carbonyl (C=O) groups excluding carboxylic acids is 2. The Kier molecular flexibility index (Phi) is 4.44. The van der Waals surface area contributed by atoms with Gasteiger partial charge in [0.25, 0.3) is 5.91 Å². The molecule has 4 heterocycles. The Morgan fingerprint density at radius 2 is 1.86 bits per heavy atom. The number of aromatic amines is 1.